The quantitative estimate of drug-likeness (QED) is 0.468. The molecule has 4 aliphatic rings. The average molecular weight is 389 g/mol. The van der Waals surface area contributed by atoms with Crippen LogP contribution in [-0.2, 0) is 4.74 Å². The van der Waals surface area contributed by atoms with Crippen molar-refractivity contribution in [1.29, 1.82) is 0 Å². The van der Waals surface area contributed by atoms with Crippen molar-refractivity contribution < 1.29 is 4.74 Å². The Kier molecular flexibility index (Phi) is 5.74. The Bertz CT molecular complexity index is 554. The molecule has 0 radical (unpaired) electrons. The lowest BCUT2D eigenvalue weighted by molar-refractivity contribution is -0.104. The zero-order valence-electron chi connectivity index (χ0n) is 20.0. The summed E-state index contributed by atoms with van der Waals surface area (Å²) in [5.74, 6) is 6.22. The zero-order valence-corrected chi connectivity index (χ0v) is 20.0. The third-order valence-electron chi connectivity index (χ3n) is 10.9. The third kappa shape index (κ3) is 3.04. The third-order valence-corrected chi connectivity index (χ3v) is 10.9. The first kappa shape index (κ1) is 21.2. The van der Waals surface area contributed by atoms with Crippen LogP contribution in [0.1, 0.15) is 106 Å². The summed E-state index contributed by atoms with van der Waals surface area (Å²) in [4.78, 5) is 0. The van der Waals surface area contributed by atoms with Crippen molar-refractivity contribution >= 4 is 0 Å². The minimum absolute atomic E-state index is 0.532. The first-order chi connectivity index (χ1) is 13.3. The number of rotatable bonds is 5. The van der Waals surface area contributed by atoms with Gasteiger partial charge in [0.2, 0.25) is 0 Å². The minimum atomic E-state index is 0.532. The van der Waals surface area contributed by atoms with E-state index in [2.05, 4.69) is 48.5 Å². The maximum absolute atomic E-state index is 6.81. The predicted octanol–water partition coefficient (Wildman–Crippen LogP) is 7.73. The highest BCUT2D eigenvalue weighted by molar-refractivity contribution is 5.13. The van der Waals surface area contributed by atoms with Gasteiger partial charge in [-0.1, -0.05) is 61.3 Å². The Hall–Kier alpha value is -0.0400. The summed E-state index contributed by atoms with van der Waals surface area (Å²) >= 11 is 0. The van der Waals surface area contributed by atoms with Gasteiger partial charge in [-0.05, 0) is 97.2 Å². The van der Waals surface area contributed by atoms with Gasteiger partial charge in [0.25, 0.3) is 0 Å². The van der Waals surface area contributed by atoms with Crippen LogP contribution >= 0.6 is 0 Å². The lowest BCUT2D eigenvalue weighted by Gasteiger charge is -2.59. The Labute approximate surface area is 175 Å². The molecule has 0 amide bonds. The fraction of sp³-hybridized carbons (Fsp3) is 1.00. The Morgan fingerprint density at radius 1 is 1.04 bits per heavy atom. The van der Waals surface area contributed by atoms with Crippen LogP contribution in [0.2, 0.25) is 0 Å². The van der Waals surface area contributed by atoms with E-state index in [1.807, 2.05) is 0 Å². The lowest BCUT2D eigenvalue weighted by atomic mass is 9.46. The van der Waals surface area contributed by atoms with Gasteiger partial charge < -0.3 is 4.74 Å². The van der Waals surface area contributed by atoms with E-state index in [1.54, 1.807) is 0 Å². The molecular weight excluding hydrogens is 340 g/mol. The van der Waals surface area contributed by atoms with Crippen molar-refractivity contribution in [3.63, 3.8) is 0 Å². The van der Waals surface area contributed by atoms with Crippen LogP contribution in [0.4, 0.5) is 0 Å². The van der Waals surface area contributed by atoms with Crippen LogP contribution in [-0.4, -0.2) is 12.2 Å². The van der Waals surface area contributed by atoms with Gasteiger partial charge in [-0.3, -0.25) is 0 Å². The van der Waals surface area contributed by atoms with Crippen molar-refractivity contribution in [3.05, 3.63) is 0 Å². The summed E-state index contributed by atoms with van der Waals surface area (Å²) in [5, 5.41) is 0. The SMILES string of the molecule is CC[C@H]1CC[C@@H]2[C@H](CC[C@]3(C)[C@@H]4[C@H](C[C@@H]23)OC(CCC(C)C)[C@H]4C)[C@@]1(C)CC. The molecule has 162 valence electrons. The predicted molar refractivity (Wildman–Crippen MR) is 119 cm³/mol. The van der Waals surface area contributed by atoms with Crippen LogP contribution < -0.4 is 0 Å². The van der Waals surface area contributed by atoms with E-state index in [0.717, 1.165) is 41.4 Å². The maximum atomic E-state index is 6.81. The van der Waals surface area contributed by atoms with Gasteiger partial charge >= 0.3 is 0 Å². The molecule has 1 aliphatic heterocycles. The summed E-state index contributed by atoms with van der Waals surface area (Å²) in [6.45, 7) is 17.5. The van der Waals surface area contributed by atoms with Crippen molar-refractivity contribution in [3.8, 4) is 0 Å². The smallest absolute Gasteiger partial charge is 0.0618 e. The second-order valence-corrected chi connectivity index (χ2v) is 12.3. The standard InChI is InChI=1S/C27H48O/c1-8-19-11-12-20-21(26(19,6)9-2)14-15-27(7)22(20)16-24-25(27)18(5)23(28-24)13-10-17(3)4/h17-25H,8-16H2,1-7H3/t18-,19+,20-,21+,22+,23?,24+,25+,26+,27+/m1/s1. The molecule has 4 fully saturated rings. The van der Waals surface area contributed by atoms with Gasteiger partial charge in [0, 0.05) is 0 Å². The summed E-state index contributed by atoms with van der Waals surface area (Å²) in [6.07, 6.45) is 13.8. The van der Waals surface area contributed by atoms with Crippen LogP contribution in [0.5, 0.6) is 0 Å². The van der Waals surface area contributed by atoms with Gasteiger partial charge in [-0.15, -0.1) is 0 Å². The van der Waals surface area contributed by atoms with E-state index >= 15 is 0 Å². The molecule has 3 aliphatic carbocycles. The second kappa shape index (κ2) is 7.58. The molecule has 1 heteroatoms. The highest BCUT2D eigenvalue weighted by Gasteiger charge is 2.65. The molecule has 0 spiro atoms. The van der Waals surface area contributed by atoms with Crippen LogP contribution in [0.3, 0.4) is 0 Å². The van der Waals surface area contributed by atoms with E-state index in [1.165, 1.54) is 57.8 Å². The number of hydrogen-bond acceptors (Lipinski definition) is 1. The molecule has 0 bridgehead atoms. The van der Waals surface area contributed by atoms with Gasteiger partial charge in [0.1, 0.15) is 0 Å². The highest BCUT2D eigenvalue weighted by atomic mass is 16.5. The topological polar surface area (TPSA) is 9.23 Å². The lowest BCUT2D eigenvalue weighted by Crippen LogP contribution is -2.52. The number of fused-ring (bicyclic) bond motifs is 5. The van der Waals surface area contributed by atoms with Gasteiger partial charge in [-0.2, -0.15) is 0 Å². The van der Waals surface area contributed by atoms with Crippen LogP contribution in [0.15, 0.2) is 0 Å². The molecule has 0 N–H and O–H groups in total. The zero-order chi connectivity index (χ0) is 20.3. The monoisotopic (exact) mass is 388 g/mol. The van der Waals surface area contributed by atoms with Crippen molar-refractivity contribution in [2.24, 2.45) is 52.3 Å². The van der Waals surface area contributed by atoms with E-state index < -0.39 is 0 Å². The molecule has 1 saturated heterocycles. The Morgan fingerprint density at radius 2 is 1.79 bits per heavy atom. The first-order valence-electron chi connectivity index (χ1n) is 12.9. The summed E-state index contributed by atoms with van der Waals surface area (Å²) in [5.41, 5.74) is 1.13. The molecule has 0 aromatic carbocycles. The van der Waals surface area contributed by atoms with E-state index in [9.17, 15) is 0 Å². The van der Waals surface area contributed by atoms with Crippen LogP contribution in [0, 0.1) is 52.3 Å². The molecule has 28 heavy (non-hydrogen) atoms. The Balaban J connectivity index is 1.54. The molecule has 0 aromatic rings. The first-order valence-corrected chi connectivity index (χ1v) is 12.9. The summed E-state index contributed by atoms with van der Waals surface area (Å²) in [7, 11) is 0. The van der Waals surface area contributed by atoms with Crippen LogP contribution in [0.25, 0.3) is 0 Å². The molecule has 3 saturated carbocycles. The van der Waals surface area contributed by atoms with E-state index in [0.29, 0.717) is 23.0 Å². The van der Waals surface area contributed by atoms with E-state index in [4.69, 9.17) is 4.74 Å². The molecule has 1 heterocycles. The maximum Gasteiger partial charge on any atom is 0.0618 e. The largest absolute Gasteiger partial charge is 0.374 e. The van der Waals surface area contributed by atoms with E-state index in [-0.39, 0.29) is 0 Å². The minimum Gasteiger partial charge on any atom is -0.374 e. The van der Waals surface area contributed by atoms with Gasteiger partial charge in [0.05, 0.1) is 12.2 Å². The van der Waals surface area contributed by atoms with Crippen molar-refractivity contribution in [2.75, 3.05) is 0 Å². The van der Waals surface area contributed by atoms with Crippen molar-refractivity contribution in [2.45, 2.75) is 118 Å². The van der Waals surface area contributed by atoms with Gasteiger partial charge in [-0.25, -0.2) is 0 Å². The number of ether oxygens (including phenoxy) is 1. The normalized spacial score (nSPS) is 53.1. The second-order valence-electron chi connectivity index (χ2n) is 12.3. The average Bonchev–Trinajstić information content (AvgIpc) is 3.14. The Morgan fingerprint density at radius 3 is 2.43 bits per heavy atom. The highest BCUT2D eigenvalue weighted by Crippen LogP contribution is 2.69. The molecule has 1 unspecified atom stereocenters. The molecule has 4 rings (SSSR count). The van der Waals surface area contributed by atoms with Crippen molar-refractivity contribution in [1.82, 2.24) is 0 Å². The number of hydrogen-bond donors (Lipinski definition) is 0. The van der Waals surface area contributed by atoms with Gasteiger partial charge in [0.15, 0.2) is 0 Å². The molecular formula is C27H48O. The summed E-state index contributed by atoms with van der Waals surface area (Å²) in [6, 6.07) is 0. The fourth-order valence-electron chi connectivity index (χ4n) is 9.27. The molecule has 0 aromatic heterocycles. The fourth-order valence-corrected chi connectivity index (χ4v) is 9.27. The molecule has 10 atom stereocenters. The molecule has 1 nitrogen and oxygen atoms in total. The summed E-state index contributed by atoms with van der Waals surface area (Å²) < 4.78 is 6.81.